The van der Waals surface area contributed by atoms with Crippen molar-refractivity contribution in [3.05, 3.63) is 12.2 Å². The first-order chi connectivity index (χ1) is 6.77. The van der Waals surface area contributed by atoms with E-state index in [2.05, 4.69) is 11.6 Å². The first kappa shape index (κ1) is 11.6. The Morgan fingerprint density at radius 3 is 2.79 bits per heavy atom. The lowest BCUT2D eigenvalue weighted by Crippen LogP contribution is -2.43. The molecule has 1 aliphatic rings. The van der Waals surface area contributed by atoms with Crippen LogP contribution >= 0.6 is 11.8 Å². The van der Waals surface area contributed by atoms with Crippen molar-refractivity contribution in [2.24, 2.45) is 0 Å². The summed E-state index contributed by atoms with van der Waals surface area (Å²) in [6, 6.07) is 0.377. The molecule has 14 heavy (non-hydrogen) atoms. The van der Waals surface area contributed by atoms with Crippen molar-refractivity contribution in [1.29, 1.82) is 0 Å². The van der Waals surface area contributed by atoms with Crippen LogP contribution in [0.4, 0.5) is 0 Å². The van der Waals surface area contributed by atoms with Crippen molar-refractivity contribution >= 4 is 17.7 Å². The van der Waals surface area contributed by atoms with Crippen LogP contribution in [0.2, 0.25) is 0 Å². The maximum absolute atomic E-state index is 11.4. The number of carbonyl (C=O) groups is 1. The predicted octanol–water partition coefficient (Wildman–Crippen LogP) is 2.35. The SMILES string of the molecule is C/C=C/C(=O)NC1CCCCC1SC. The van der Waals surface area contributed by atoms with Gasteiger partial charge in [-0.2, -0.15) is 11.8 Å². The van der Waals surface area contributed by atoms with Crippen LogP contribution in [-0.4, -0.2) is 23.5 Å². The summed E-state index contributed by atoms with van der Waals surface area (Å²) in [6.45, 7) is 1.87. The van der Waals surface area contributed by atoms with Crippen molar-refractivity contribution in [3.63, 3.8) is 0 Å². The van der Waals surface area contributed by atoms with Gasteiger partial charge in [-0.05, 0) is 32.1 Å². The summed E-state index contributed by atoms with van der Waals surface area (Å²) in [5.41, 5.74) is 0. The molecule has 0 aromatic heterocycles. The number of carbonyl (C=O) groups excluding carboxylic acids is 1. The van der Waals surface area contributed by atoms with Gasteiger partial charge in [-0.3, -0.25) is 4.79 Å². The maximum atomic E-state index is 11.4. The number of hydrogen-bond acceptors (Lipinski definition) is 2. The van der Waals surface area contributed by atoms with Gasteiger partial charge >= 0.3 is 0 Å². The standard InChI is InChI=1S/C11H19NOS/c1-3-6-11(13)12-9-7-4-5-8-10(9)14-2/h3,6,9-10H,4-5,7-8H2,1-2H3,(H,12,13)/b6-3+. The first-order valence-electron chi connectivity index (χ1n) is 5.24. The molecule has 1 N–H and O–H groups in total. The Bertz CT molecular complexity index is 215. The van der Waals surface area contributed by atoms with Crippen molar-refractivity contribution in [2.45, 2.75) is 43.9 Å². The van der Waals surface area contributed by atoms with E-state index in [1.165, 1.54) is 19.3 Å². The van der Waals surface area contributed by atoms with Gasteiger partial charge in [-0.15, -0.1) is 0 Å². The Hall–Kier alpha value is -0.440. The van der Waals surface area contributed by atoms with E-state index in [9.17, 15) is 4.79 Å². The molecule has 0 radical (unpaired) electrons. The molecule has 1 amide bonds. The maximum Gasteiger partial charge on any atom is 0.243 e. The zero-order valence-electron chi connectivity index (χ0n) is 8.95. The number of allylic oxidation sites excluding steroid dienone is 1. The highest BCUT2D eigenvalue weighted by Crippen LogP contribution is 2.26. The van der Waals surface area contributed by atoms with Crippen LogP contribution in [0.1, 0.15) is 32.6 Å². The monoisotopic (exact) mass is 213 g/mol. The molecule has 1 aliphatic carbocycles. The summed E-state index contributed by atoms with van der Waals surface area (Å²) < 4.78 is 0. The van der Waals surface area contributed by atoms with Crippen LogP contribution in [0.15, 0.2) is 12.2 Å². The van der Waals surface area contributed by atoms with E-state index in [0.29, 0.717) is 11.3 Å². The van der Waals surface area contributed by atoms with Crippen LogP contribution in [0.25, 0.3) is 0 Å². The molecular formula is C11H19NOS. The molecule has 0 saturated heterocycles. The van der Waals surface area contributed by atoms with Gasteiger partial charge in [-0.1, -0.05) is 18.9 Å². The fraction of sp³-hybridized carbons (Fsp3) is 0.727. The van der Waals surface area contributed by atoms with Gasteiger partial charge in [-0.25, -0.2) is 0 Å². The molecule has 2 unspecified atom stereocenters. The fourth-order valence-electron chi connectivity index (χ4n) is 1.93. The van der Waals surface area contributed by atoms with Gasteiger partial charge in [0.25, 0.3) is 0 Å². The second kappa shape index (κ2) is 6.12. The number of nitrogens with one attached hydrogen (secondary N) is 1. The van der Waals surface area contributed by atoms with E-state index < -0.39 is 0 Å². The quantitative estimate of drug-likeness (QED) is 0.729. The molecule has 0 spiro atoms. The molecule has 3 heteroatoms. The largest absolute Gasteiger partial charge is 0.349 e. The Labute approximate surface area is 90.5 Å². The first-order valence-corrected chi connectivity index (χ1v) is 6.52. The Morgan fingerprint density at radius 1 is 1.43 bits per heavy atom. The van der Waals surface area contributed by atoms with Crippen LogP contribution in [-0.2, 0) is 4.79 Å². The van der Waals surface area contributed by atoms with E-state index in [0.717, 1.165) is 6.42 Å². The number of rotatable bonds is 3. The van der Waals surface area contributed by atoms with E-state index in [-0.39, 0.29) is 5.91 Å². The average Bonchev–Trinajstić information content (AvgIpc) is 2.19. The summed E-state index contributed by atoms with van der Waals surface area (Å²) in [7, 11) is 0. The van der Waals surface area contributed by atoms with Crippen molar-refractivity contribution in [2.75, 3.05) is 6.26 Å². The van der Waals surface area contributed by atoms with Crippen molar-refractivity contribution < 1.29 is 4.79 Å². The Balaban J connectivity index is 2.44. The normalized spacial score (nSPS) is 27.9. The van der Waals surface area contributed by atoms with Gasteiger partial charge in [0, 0.05) is 11.3 Å². The topological polar surface area (TPSA) is 29.1 Å². The van der Waals surface area contributed by atoms with E-state index in [4.69, 9.17) is 0 Å². The molecule has 0 heterocycles. The molecule has 0 aromatic carbocycles. The molecule has 1 saturated carbocycles. The lowest BCUT2D eigenvalue weighted by molar-refractivity contribution is -0.117. The third-order valence-electron chi connectivity index (χ3n) is 2.65. The number of thioether (sulfide) groups is 1. The van der Waals surface area contributed by atoms with Gasteiger partial charge in [0.2, 0.25) is 5.91 Å². The third-order valence-corrected chi connectivity index (χ3v) is 3.82. The molecule has 0 aliphatic heterocycles. The Morgan fingerprint density at radius 2 is 2.14 bits per heavy atom. The van der Waals surface area contributed by atoms with Gasteiger partial charge in [0.15, 0.2) is 0 Å². The predicted molar refractivity (Wildman–Crippen MR) is 62.5 cm³/mol. The lowest BCUT2D eigenvalue weighted by atomic mass is 9.95. The number of amides is 1. The summed E-state index contributed by atoms with van der Waals surface area (Å²) in [6.07, 6.45) is 10.4. The van der Waals surface area contributed by atoms with Crippen LogP contribution < -0.4 is 5.32 Å². The minimum Gasteiger partial charge on any atom is -0.349 e. The molecule has 1 rings (SSSR count). The molecule has 0 bridgehead atoms. The van der Waals surface area contributed by atoms with Crippen LogP contribution in [0.3, 0.4) is 0 Å². The van der Waals surface area contributed by atoms with E-state index in [1.54, 1.807) is 12.2 Å². The second-order valence-corrected chi connectivity index (χ2v) is 4.75. The van der Waals surface area contributed by atoms with E-state index >= 15 is 0 Å². The highest BCUT2D eigenvalue weighted by atomic mass is 32.2. The minimum atomic E-state index is 0.0541. The molecule has 2 atom stereocenters. The van der Waals surface area contributed by atoms with Crippen LogP contribution in [0, 0.1) is 0 Å². The second-order valence-electron chi connectivity index (χ2n) is 3.67. The molecule has 0 aromatic rings. The molecule has 1 fully saturated rings. The summed E-state index contributed by atoms with van der Waals surface area (Å²) in [4.78, 5) is 11.4. The minimum absolute atomic E-state index is 0.0541. The van der Waals surface area contributed by atoms with Gasteiger partial charge < -0.3 is 5.32 Å². The highest BCUT2D eigenvalue weighted by molar-refractivity contribution is 7.99. The zero-order chi connectivity index (χ0) is 10.4. The summed E-state index contributed by atoms with van der Waals surface area (Å²) in [5.74, 6) is 0.0541. The average molecular weight is 213 g/mol. The third kappa shape index (κ3) is 3.37. The highest BCUT2D eigenvalue weighted by Gasteiger charge is 2.24. The lowest BCUT2D eigenvalue weighted by Gasteiger charge is -2.30. The Kier molecular flexibility index (Phi) is 5.09. The smallest absolute Gasteiger partial charge is 0.243 e. The molecular weight excluding hydrogens is 194 g/mol. The van der Waals surface area contributed by atoms with Crippen molar-refractivity contribution in [1.82, 2.24) is 5.32 Å². The number of hydrogen-bond donors (Lipinski definition) is 1. The summed E-state index contributed by atoms with van der Waals surface area (Å²) in [5, 5.41) is 3.68. The molecule has 80 valence electrons. The summed E-state index contributed by atoms with van der Waals surface area (Å²) >= 11 is 1.88. The zero-order valence-corrected chi connectivity index (χ0v) is 9.77. The van der Waals surface area contributed by atoms with Crippen molar-refractivity contribution in [3.8, 4) is 0 Å². The van der Waals surface area contributed by atoms with E-state index in [1.807, 2.05) is 18.7 Å². The van der Waals surface area contributed by atoms with Gasteiger partial charge in [0.05, 0.1) is 0 Å². The molecule has 2 nitrogen and oxygen atoms in total. The fourth-order valence-corrected chi connectivity index (χ4v) is 2.86. The van der Waals surface area contributed by atoms with Crippen LogP contribution in [0.5, 0.6) is 0 Å². The van der Waals surface area contributed by atoms with Gasteiger partial charge in [0.1, 0.15) is 0 Å².